The van der Waals surface area contributed by atoms with E-state index in [-0.39, 0.29) is 25.7 Å². The van der Waals surface area contributed by atoms with Crippen molar-refractivity contribution in [3.05, 3.63) is 85.1 Å². The molecule has 0 aliphatic rings. The van der Waals surface area contributed by atoms with E-state index < -0.39 is 20.0 Å². The van der Waals surface area contributed by atoms with Gasteiger partial charge in [-0.1, -0.05) is 150 Å². The minimum Gasteiger partial charge on any atom is -0.387 e. The van der Waals surface area contributed by atoms with Crippen LogP contribution in [0.5, 0.6) is 0 Å². The van der Waals surface area contributed by atoms with Gasteiger partial charge in [0.1, 0.15) is 0 Å². The van der Waals surface area contributed by atoms with E-state index in [1.165, 1.54) is 38.5 Å². The quantitative estimate of drug-likeness (QED) is 0.0285. The van der Waals surface area contributed by atoms with E-state index in [2.05, 4.69) is 92.1 Å². The van der Waals surface area contributed by atoms with Crippen molar-refractivity contribution in [2.24, 2.45) is 5.73 Å². The second-order valence-corrected chi connectivity index (χ2v) is 14.5. The van der Waals surface area contributed by atoms with Gasteiger partial charge in [0.25, 0.3) is 0 Å². The van der Waals surface area contributed by atoms with Crippen LogP contribution in [0.25, 0.3) is 0 Å². The summed E-state index contributed by atoms with van der Waals surface area (Å²) in [5.74, 6) is -0.223. The Morgan fingerprint density at radius 3 is 1.71 bits per heavy atom. The molecule has 1 amide bonds. The summed E-state index contributed by atoms with van der Waals surface area (Å²) >= 11 is 0. The molecule has 0 saturated heterocycles. The van der Waals surface area contributed by atoms with Crippen LogP contribution in [0.15, 0.2) is 85.1 Å². The summed E-state index contributed by atoms with van der Waals surface area (Å²) in [6.45, 7) is 3.91. The molecule has 0 spiro atoms. The van der Waals surface area contributed by atoms with Gasteiger partial charge in [-0.25, -0.2) is 4.57 Å². The van der Waals surface area contributed by atoms with Crippen LogP contribution >= 0.6 is 7.82 Å². The van der Waals surface area contributed by atoms with Crippen LogP contribution in [-0.2, 0) is 18.4 Å². The van der Waals surface area contributed by atoms with Gasteiger partial charge < -0.3 is 21.1 Å². The van der Waals surface area contributed by atoms with Gasteiger partial charge in [-0.05, 0) is 77.0 Å². The van der Waals surface area contributed by atoms with Crippen LogP contribution in [0, 0.1) is 0 Å². The van der Waals surface area contributed by atoms with Crippen LogP contribution in [0.4, 0.5) is 0 Å². The minimum absolute atomic E-state index is 0.0657. The molecule has 298 valence electrons. The molecule has 0 heterocycles. The molecule has 0 bridgehead atoms. The fraction of sp³-hybridized carbons (Fsp3) is 0.651. The number of carbonyl (C=O) groups excluding carboxylic acids is 1. The van der Waals surface area contributed by atoms with E-state index in [1.807, 2.05) is 6.08 Å². The molecule has 0 aliphatic carbocycles. The van der Waals surface area contributed by atoms with E-state index in [9.17, 15) is 19.4 Å². The second-order valence-electron chi connectivity index (χ2n) is 13.1. The van der Waals surface area contributed by atoms with E-state index in [0.29, 0.717) is 6.42 Å². The lowest BCUT2D eigenvalue weighted by atomic mass is 10.1. The van der Waals surface area contributed by atoms with Gasteiger partial charge in [0.2, 0.25) is 5.91 Å². The summed E-state index contributed by atoms with van der Waals surface area (Å²) in [4.78, 5) is 22.6. The largest absolute Gasteiger partial charge is 0.472 e. The molecular formula is C43H75N2O6P. The summed E-state index contributed by atoms with van der Waals surface area (Å²) < 4.78 is 22.0. The van der Waals surface area contributed by atoms with E-state index in [0.717, 1.165) is 89.9 Å². The first-order chi connectivity index (χ1) is 25.4. The molecule has 0 saturated carbocycles. The van der Waals surface area contributed by atoms with Crippen molar-refractivity contribution in [1.82, 2.24) is 5.32 Å². The molecule has 0 aromatic carbocycles. The summed E-state index contributed by atoms with van der Waals surface area (Å²) in [7, 11) is -4.35. The smallest absolute Gasteiger partial charge is 0.387 e. The van der Waals surface area contributed by atoms with Crippen LogP contribution in [0.1, 0.15) is 149 Å². The summed E-state index contributed by atoms with van der Waals surface area (Å²) in [6.07, 6.45) is 50.6. The molecule has 3 unspecified atom stereocenters. The van der Waals surface area contributed by atoms with Crippen molar-refractivity contribution in [1.29, 1.82) is 0 Å². The summed E-state index contributed by atoms with van der Waals surface area (Å²) in [5, 5.41) is 13.6. The lowest BCUT2D eigenvalue weighted by molar-refractivity contribution is -0.123. The number of hydrogen-bond donors (Lipinski definition) is 4. The van der Waals surface area contributed by atoms with Crippen LogP contribution in [0.3, 0.4) is 0 Å². The van der Waals surface area contributed by atoms with Gasteiger partial charge in [-0.15, -0.1) is 0 Å². The monoisotopic (exact) mass is 747 g/mol. The first-order valence-electron chi connectivity index (χ1n) is 20.2. The number of nitrogens with two attached hydrogens (primary N) is 1. The van der Waals surface area contributed by atoms with Gasteiger partial charge >= 0.3 is 7.82 Å². The van der Waals surface area contributed by atoms with Crippen molar-refractivity contribution in [3.8, 4) is 0 Å². The van der Waals surface area contributed by atoms with Gasteiger partial charge in [-0.2, -0.15) is 0 Å². The molecule has 5 N–H and O–H groups in total. The minimum atomic E-state index is -4.35. The molecule has 0 aliphatic heterocycles. The van der Waals surface area contributed by atoms with Crippen molar-refractivity contribution in [2.75, 3.05) is 19.8 Å². The number of phosphoric acid groups is 1. The Kier molecular flexibility index (Phi) is 36.7. The molecule has 0 fully saturated rings. The highest BCUT2D eigenvalue weighted by molar-refractivity contribution is 7.47. The highest BCUT2D eigenvalue weighted by atomic mass is 31.2. The van der Waals surface area contributed by atoms with Crippen molar-refractivity contribution in [2.45, 2.75) is 161 Å². The van der Waals surface area contributed by atoms with E-state index in [1.54, 1.807) is 6.08 Å². The van der Waals surface area contributed by atoms with Gasteiger partial charge in [0.15, 0.2) is 0 Å². The first kappa shape index (κ1) is 49.7. The van der Waals surface area contributed by atoms with E-state index >= 15 is 0 Å². The zero-order valence-electron chi connectivity index (χ0n) is 32.8. The Bertz CT molecular complexity index is 1080. The molecule has 0 aromatic rings. The average molecular weight is 747 g/mol. The molecule has 0 rings (SSSR count). The number of rotatable bonds is 36. The number of unbranched alkanes of at least 4 members (excludes halogenated alkanes) is 12. The standard InChI is InChI=1S/C43H75N2O6P/c1-3-5-7-9-11-13-15-17-18-19-20-21-22-23-24-25-27-29-31-33-35-37-43(47)45-41(40-51-52(48,49)50-39-38-44)42(46)36-34-32-30-28-26-16-14-12-10-8-6-4-2/h5,7,10-13,17-18,20-21,26,28,34,36,41-42,46H,3-4,6,8-9,14-16,19,22-25,27,29-33,35,37-40,44H2,1-2H3,(H,45,47)(H,48,49)/b7-5-,12-10+,13-11-,18-17-,21-20-,28-26+,36-34+. The van der Waals surface area contributed by atoms with Crippen molar-refractivity contribution < 1.29 is 28.4 Å². The number of amides is 1. The second kappa shape index (κ2) is 38.4. The maximum Gasteiger partial charge on any atom is 0.472 e. The number of hydrogen-bond acceptors (Lipinski definition) is 6. The maximum atomic E-state index is 12.7. The predicted octanol–water partition coefficient (Wildman–Crippen LogP) is 11.0. The molecule has 9 heteroatoms. The fourth-order valence-corrected chi connectivity index (χ4v) is 5.90. The van der Waals surface area contributed by atoms with Crippen molar-refractivity contribution >= 4 is 13.7 Å². The van der Waals surface area contributed by atoms with E-state index in [4.69, 9.17) is 14.8 Å². The average Bonchev–Trinajstić information content (AvgIpc) is 3.13. The van der Waals surface area contributed by atoms with Crippen LogP contribution in [0.2, 0.25) is 0 Å². The Morgan fingerprint density at radius 2 is 1.13 bits per heavy atom. The predicted molar refractivity (Wildman–Crippen MR) is 221 cm³/mol. The molecule has 0 radical (unpaired) electrons. The third-order valence-corrected chi connectivity index (χ3v) is 9.17. The lowest BCUT2D eigenvalue weighted by Crippen LogP contribution is -2.45. The van der Waals surface area contributed by atoms with Crippen LogP contribution in [-0.4, -0.2) is 47.8 Å². The van der Waals surface area contributed by atoms with Gasteiger partial charge in [-0.3, -0.25) is 13.8 Å². The zero-order valence-corrected chi connectivity index (χ0v) is 33.7. The first-order valence-corrected chi connectivity index (χ1v) is 21.7. The Hall–Kier alpha value is -2.32. The number of nitrogens with one attached hydrogen (secondary N) is 1. The molecule has 3 atom stereocenters. The topological polar surface area (TPSA) is 131 Å². The van der Waals surface area contributed by atoms with Gasteiger partial charge in [0.05, 0.1) is 25.4 Å². The van der Waals surface area contributed by atoms with Gasteiger partial charge in [0, 0.05) is 13.0 Å². The Morgan fingerprint density at radius 1 is 0.654 bits per heavy atom. The third-order valence-electron chi connectivity index (χ3n) is 8.18. The third kappa shape index (κ3) is 36.1. The zero-order chi connectivity index (χ0) is 38.2. The number of aliphatic hydroxyl groups excluding tert-OH is 1. The highest BCUT2D eigenvalue weighted by Crippen LogP contribution is 2.43. The van der Waals surface area contributed by atoms with Crippen molar-refractivity contribution in [3.63, 3.8) is 0 Å². The fourth-order valence-electron chi connectivity index (χ4n) is 5.14. The Balaban J connectivity index is 4.28. The lowest BCUT2D eigenvalue weighted by Gasteiger charge is -2.23. The molecule has 52 heavy (non-hydrogen) atoms. The van der Waals surface area contributed by atoms with Crippen LogP contribution < -0.4 is 11.1 Å². The normalized spacial score (nSPS) is 15.1. The maximum absolute atomic E-state index is 12.7. The molecule has 8 nitrogen and oxygen atoms in total. The Labute approximate surface area is 318 Å². The number of allylic oxidation sites excluding steroid dienone is 13. The molecular weight excluding hydrogens is 671 g/mol. The highest BCUT2D eigenvalue weighted by Gasteiger charge is 2.26. The number of carbonyl (C=O) groups is 1. The summed E-state index contributed by atoms with van der Waals surface area (Å²) in [5.41, 5.74) is 5.35. The molecule has 0 aromatic heterocycles. The SMILES string of the molecule is CC/C=C\C/C=C\C/C=C\C/C=C\CCCCCCCCCCC(=O)NC(COP(=O)(O)OCCN)C(O)/C=C/CC/C=C/CC/C=C/CCCC. The summed E-state index contributed by atoms with van der Waals surface area (Å²) in [6, 6.07) is -0.891. The number of phosphoric ester groups is 1. The number of aliphatic hydroxyl groups is 1.